The van der Waals surface area contributed by atoms with Crippen molar-refractivity contribution >= 4 is 111 Å². The SMILES string of the molecule is CCN(CC)c1ccc(N=Nc2nnc(S(=O)(=O)O)s2)c(Nc2nc(Nc3cc(N(CC)CC)ccc3N=Nc3nnc(S(=O)(=O)O)s3)nc(SC3CCCCC3)n2)c1. The number of hydrogen-bond acceptors (Lipinski definition) is 22. The maximum Gasteiger partial charge on any atom is 0.324 e. The second-order valence-electron chi connectivity index (χ2n) is 12.7. The summed E-state index contributed by atoms with van der Waals surface area (Å²) < 4.78 is 63.7. The average Bonchev–Trinajstić information content (AvgIpc) is 3.90. The number of azo groups is 2. The third kappa shape index (κ3) is 11.7. The number of anilines is 6. The highest BCUT2D eigenvalue weighted by Crippen LogP contribution is 2.38. The molecule has 6 rings (SSSR count). The van der Waals surface area contributed by atoms with Crippen LogP contribution in [-0.4, -0.2) is 92.7 Å². The third-order valence-electron chi connectivity index (χ3n) is 8.87. The first-order valence-corrected chi connectivity index (χ1v) is 23.9. The van der Waals surface area contributed by atoms with E-state index in [-0.39, 0.29) is 22.2 Å². The molecular formula is C33H41N15O6S5. The molecule has 0 spiro atoms. The second kappa shape index (κ2) is 19.5. The lowest BCUT2D eigenvalue weighted by Gasteiger charge is -2.23. The molecule has 0 bridgehead atoms. The van der Waals surface area contributed by atoms with Crippen molar-refractivity contribution in [3.8, 4) is 0 Å². The van der Waals surface area contributed by atoms with Crippen LogP contribution in [0.5, 0.6) is 0 Å². The minimum absolute atomic E-state index is 0.0842. The highest BCUT2D eigenvalue weighted by atomic mass is 32.3. The van der Waals surface area contributed by atoms with Crippen molar-refractivity contribution in [2.24, 2.45) is 20.5 Å². The van der Waals surface area contributed by atoms with Crippen LogP contribution in [0.3, 0.4) is 0 Å². The number of benzene rings is 2. The standard InChI is InChI=1S/C33H41N15O6S5/c1-5-47(6-2)20-14-16-23(39-41-30-43-45-32(56-30)58(49,50)51)25(18-20)34-27-36-28(38-29(37-27)55-22-12-10-9-11-13-22)35-26-19-21(48(7-3)8-4)15-17-24(26)40-42-31-44-46-33(57-31)59(52,53)54/h14-19,22H,5-13H2,1-4H3,(H,49,50,51)(H,52,53,54)(H2,34,35,36,37,38). The summed E-state index contributed by atoms with van der Waals surface area (Å²) in [4.78, 5) is 18.7. The molecule has 0 amide bonds. The van der Waals surface area contributed by atoms with Gasteiger partial charge in [-0.05, 0) is 76.9 Å². The number of nitrogens with zero attached hydrogens (tertiary/aromatic N) is 13. The molecule has 0 saturated heterocycles. The highest BCUT2D eigenvalue weighted by molar-refractivity contribution is 7.99. The van der Waals surface area contributed by atoms with Gasteiger partial charge in [-0.3, -0.25) is 9.11 Å². The van der Waals surface area contributed by atoms with Gasteiger partial charge in [0, 0.05) is 42.8 Å². The van der Waals surface area contributed by atoms with E-state index in [2.05, 4.69) is 61.3 Å². The van der Waals surface area contributed by atoms with E-state index in [4.69, 9.17) is 15.0 Å². The Morgan fingerprint density at radius 2 is 1.10 bits per heavy atom. The van der Waals surface area contributed by atoms with E-state index in [0.717, 1.165) is 63.2 Å². The first-order chi connectivity index (χ1) is 28.3. The third-order valence-corrected chi connectivity index (χ3v) is 14.1. The number of hydrogen-bond donors (Lipinski definition) is 4. The van der Waals surface area contributed by atoms with Crippen molar-refractivity contribution in [3.05, 3.63) is 36.4 Å². The van der Waals surface area contributed by atoms with Gasteiger partial charge in [0.25, 0.3) is 18.9 Å². The van der Waals surface area contributed by atoms with E-state index in [1.54, 1.807) is 23.9 Å². The van der Waals surface area contributed by atoms with Crippen molar-refractivity contribution in [3.63, 3.8) is 0 Å². The summed E-state index contributed by atoms with van der Waals surface area (Å²) in [6.07, 6.45) is 5.43. The van der Waals surface area contributed by atoms with E-state index in [9.17, 15) is 25.9 Å². The van der Waals surface area contributed by atoms with Crippen molar-refractivity contribution in [2.45, 2.75) is 78.9 Å². The molecule has 3 aromatic heterocycles. The van der Waals surface area contributed by atoms with Gasteiger partial charge in [0.1, 0.15) is 11.4 Å². The Hall–Kier alpha value is -4.86. The molecule has 26 heteroatoms. The molecule has 21 nitrogen and oxygen atoms in total. The van der Waals surface area contributed by atoms with Crippen LogP contribution in [0.4, 0.5) is 56.3 Å². The molecule has 4 N–H and O–H groups in total. The van der Waals surface area contributed by atoms with Gasteiger partial charge in [0.2, 0.25) is 11.9 Å². The van der Waals surface area contributed by atoms with Crippen molar-refractivity contribution in [1.82, 2.24) is 35.3 Å². The maximum absolute atomic E-state index is 11.6. The molecule has 314 valence electrons. The van der Waals surface area contributed by atoms with Crippen molar-refractivity contribution in [2.75, 3.05) is 46.6 Å². The largest absolute Gasteiger partial charge is 0.372 e. The van der Waals surface area contributed by atoms with Gasteiger partial charge in [-0.2, -0.15) is 31.8 Å². The van der Waals surface area contributed by atoms with Gasteiger partial charge < -0.3 is 20.4 Å². The molecule has 0 unspecified atom stereocenters. The van der Waals surface area contributed by atoms with Crippen LogP contribution in [0.15, 0.2) is 70.7 Å². The second-order valence-corrected chi connectivity index (χ2v) is 19.1. The van der Waals surface area contributed by atoms with Crippen LogP contribution in [0.2, 0.25) is 0 Å². The van der Waals surface area contributed by atoms with E-state index in [1.165, 1.54) is 6.42 Å². The topological polar surface area (TPSA) is 279 Å². The van der Waals surface area contributed by atoms with Crippen LogP contribution in [0.25, 0.3) is 0 Å². The first-order valence-electron chi connectivity index (χ1n) is 18.5. The Morgan fingerprint density at radius 3 is 1.49 bits per heavy atom. The van der Waals surface area contributed by atoms with E-state index in [0.29, 0.717) is 55.8 Å². The minimum Gasteiger partial charge on any atom is -0.372 e. The molecular weight excluding hydrogens is 863 g/mol. The van der Waals surface area contributed by atoms with E-state index < -0.39 is 28.9 Å². The molecule has 0 aliphatic heterocycles. The minimum atomic E-state index is -4.56. The summed E-state index contributed by atoms with van der Waals surface area (Å²) in [7, 11) is -9.12. The van der Waals surface area contributed by atoms with E-state index in [1.807, 2.05) is 52.0 Å². The predicted molar refractivity (Wildman–Crippen MR) is 227 cm³/mol. The predicted octanol–water partition coefficient (Wildman–Crippen LogP) is 8.50. The normalized spacial score (nSPS) is 14.0. The maximum atomic E-state index is 11.6. The van der Waals surface area contributed by atoms with Crippen molar-refractivity contribution < 1.29 is 25.9 Å². The molecule has 1 aliphatic carbocycles. The van der Waals surface area contributed by atoms with E-state index >= 15 is 0 Å². The zero-order valence-electron chi connectivity index (χ0n) is 32.3. The molecule has 5 aromatic rings. The van der Waals surface area contributed by atoms with Gasteiger partial charge in [-0.25, -0.2) is 0 Å². The summed E-state index contributed by atoms with van der Waals surface area (Å²) in [6, 6.07) is 11.0. The monoisotopic (exact) mass is 903 g/mol. The van der Waals surface area contributed by atoms with Crippen LogP contribution < -0.4 is 20.4 Å². The van der Waals surface area contributed by atoms with Gasteiger partial charge in [0.05, 0.1) is 11.4 Å². The summed E-state index contributed by atoms with van der Waals surface area (Å²) in [5, 5.41) is 38.5. The quantitative estimate of drug-likeness (QED) is 0.0473. The Balaban J connectivity index is 1.41. The number of nitrogens with one attached hydrogen (secondary N) is 2. The summed E-state index contributed by atoms with van der Waals surface area (Å²) >= 11 is 2.70. The lowest BCUT2D eigenvalue weighted by molar-refractivity contribution is 0.479. The molecule has 1 saturated carbocycles. The zero-order valence-corrected chi connectivity index (χ0v) is 36.4. The van der Waals surface area contributed by atoms with Gasteiger partial charge in [0.15, 0.2) is 5.16 Å². The Labute approximate surface area is 352 Å². The summed E-state index contributed by atoms with van der Waals surface area (Å²) in [5.74, 6) is 0.376. The van der Waals surface area contributed by atoms with Crippen LogP contribution in [-0.2, 0) is 20.2 Å². The Morgan fingerprint density at radius 1 is 0.661 bits per heavy atom. The molecule has 2 aromatic carbocycles. The molecule has 1 aliphatic rings. The smallest absolute Gasteiger partial charge is 0.324 e. The Bertz CT molecular complexity index is 2360. The van der Waals surface area contributed by atoms with Gasteiger partial charge >= 0.3 is 20.2 Å². The van der Waals surface area contributed by atoms with Gasteiger partial charge in [-0.1, -0.05) is 53.7 Å². The van der Waals surface area contributed by atoms with Crippen LogP contribution in [0.1, 0.15) is 59.8 Å². The fourth-order valence-electron chi connectivity index (χ4n) is 5.98. The summed E-state index contributed by atoms with van der Waals surface area (Å²) in [6.45, 7) is 11.1. The fraction of sp³-hybridized carbons (Fsp3) is 0.424. The first kappa shape index (κ1) is 43.7. The highest BCUT2D eigenvalue weighted by Gasteiger charge is 2.21. The van der Waals surface area contributed by atoms with Crippen LogP contribution >= 0.6 is 34.4 Å². The van der Waals surface area contributed by atoms with Crippen LogP contribution in [0, 0.1) is 0 Å². The Kier molecular flexibility index (Phi) is 14.4. The lowest BCUT2D eigenvalue weighted by Crippen LogP contribution is -2.21. The molecule has 3 heterocycles. The van der Waals surface area contributed by atoms with Crippen molar-refractivity contribution in [1.29, 1.82) is 0 Å². The lowest BCUT2D eigenvalue weighted by atomic mass is 10.0. The molecule has 59 heavy (non-hydrogen) atoms. The molecule has 0 radical (unpaired) electrons. The summed E-state index contributed by atoms with van der Waals surface area (Å²) in [5.41, 5.74) is 3.42. The molecule has 1 fully saturated rings. The fourth-order valence-corrected chi connectivity index (χ4v) is 9.50. The zero-order chi connectivity index (χ0) is 42.2. The number of thioether (sulfide) groups is 1. The number of rotatable bonds is 18. The average molecular weight is 904 g/mol. The van der Waals surface area contributed by atoms with Gasteiger partial charge in [-0.15, -0.1) is 40.9 Å². The number of aromatic nitrogens is 7. The molecule has 0 atom stereocenters.